The van der Waals surface area contributed by atoms with Gasteiger partial charge in [0.05, 0.1) is 5.69 Å². The monoisotopic (exact) mass is 316 g/mol. The van der Waals surface area contributed by atoms with Gasteiger partial charge in [0.1, 0.15) is 6.54 Å². The van der Waals surface area contributed by atoms with Gasteiger partial charge in [0.2, 0.25) is 5.91 Å². The van der Waals surface area contributed by atoms with E-state index in [1.54, 1.807) is 7.05 Å². The van der Waals surface area contributed by atoms with Gasteiger partial charge in [-0.05, 0) is 40.3 Å². The van der Waals surface area contributed by atoms with Crippen molar-refractivity contribution in [3.8, 4) is 0 Å². The van der Waals surface area contributed by atoms with Crippen molar-refractivity contribution in [1.29, 1.82) is 0 Å². The van der Waals surface area contributed by atoms with Crippen LogP contribution in [0.25, 0.3) is 10.4 Å². The van der Waals surface area contributed by atoms with E-state index in [1.807, 2.05) is 24.3 Å². The number of para-hydroxylation sites is 1. The lowest BCUT2D eigenvalue weighted by atomic mass is 10.3. The molecule has 1 aromatic rings. The molecular formula is C9H9IN4O. The maximum atomic E-state index is 11.5. The Morgan fingerprint density at radius 1 is 1.60 bits per heavy atom. The Bertz CT molecular complexity index is 414. The van der Waals surface area contributed by atoms with Gasteiger partial charge in [0.25, 0.3) is 0 Å². The average Bonchev–Trinajstić information content (AvgIpc) is 2.25. The summed E-state index contributed by atoms with van der Waals surface area (Å²) >= 11 is 2.15. The summed E-state index contributed by atoms with van der Waals surface area (Å²) in [7, 11) is 1.66. The van der Waals surface area contributed by atoms with Gasteiger partial charge in [-0.25, -0.2) is 0 Å². The summed E-state index contributed by atoms with van der Waals surface area (Å²) in [5.41, 5.74) is 8.92. The number of azide groups is 1. The fourth-order valence-electron chi connectivity index (χ4n) is 1.06. The highest BCUT2D eigenvalue weighted by Crippen LogP contribution is 2.20. The van der Waals surface area contributed by atoms with Crippen LogP contribution in [-0.4, -0.2) is 19.5 Å². The molecule has 1 aromatic carbocycles. The number of amides is 1. The van der Waals surface area contributed by atoms with Crippen LogP contribution in [-0.2, 0) is 4.79 Å². The molecule has 0 unspecified atom stereocenters. The smallest absolute Gasteiger partial charge is 0.232 e. The van der Waals surface area contributed by atoms with Gasteiger partial charge in [0.15, 0.2) is 0 Å². The minimum Gasteiger partial charge on any atom is -0.314 e. The fraction of sp³-hybridized carbons (Fsp3) is 0.222. The van der Waals surface area contributed by atoms with Crippen LogP contribution in [0.3, 0.4) is 0 Å². The molecule has 0 saturated heterocycles. The number of carbonyl (C=O) groups excluding carboxylic acids is 1. The largest absolute Gasteiger partial charge is 0.314 e. The molecule has 0 aliphatic carbocycles. The van der Waals surface area contributed by atoms with E-state index in [0.717, 1.165) is 9.26 Å². The Labute approximate surface area is 101 Å². The number of carbonyl (C=O) groups is 1. The van der Waals surface area contributed by atoms with E-state index < -0.39 is 0 Å². The van der Waals surface area contributed by atoms with Gasteiger partial charge in [-0.15, -0.1) is 0 Å². The molecule has 0 fully saturated rings. The Morgan fingerprint density at radius 2 is 2.27 bits per heavy atom. The molecule has 78 valence electrons. The minimum absolute atomic E-state index is 0.155. The third-order valence-corrected chi connectivity index (χ3v) is 2.77. The number of rotatable bonds is 3. The molecule has 0 saturated carbocycles. The summed E-state index contributed by atoms with van der Waals surface area (Å²) in [4.78, 5) is 15.5. The van der Waals surface area contributed by atoms with E-state index in [2.05, 4.69) is 32.6 Å². The Balaban J connectivity index is 2.85. The van der Waals surface area contributed by atoms with Crippen molar-refractivity contribution in [3.05, 3.63) is 38.3 Å². The topological polar surface area (TPSA) is 69.1 Å². The molecule has 0 bridgehead atoms. The quantitative estimate of drug-likeness (QED) is 0.366. The van der Waals surface area contributed by atoms with Crippen molar-refractivity contribution in [1.82, 2.24) is 0 Å². The number of hydrogen-bond acceptors (Lipinski definition) is 2. The van der Waals surface area contributed by atoms with Gasteiger partial charge in [-0.1, -0.05) is 17.2 Å². The molecule has 0 aromatic heterocycles. The number of likely N-dealkylation sites (N-methyl/N-ethyl adjacent to an activating group) is 1. The molecular weight excluding hydrogens is 307 g/mol. The van der Waals surface area contributed by atoms with Crippen molar-refractivity contribution in [2.75, 3.05) is 18.5 Å². The molecule has 1 rings (SSSR count). The van der Waals surface area contributed by atoms with E-state index in [9.17, 15) is 4.79 Å². The Morgan fingerprint density at radius 3 is 2.87 bits per heavy atom. The second-order valence-corrected chi connectivity index (χ2v) is 3.96. The second kappa shape index (κ2) is 5.57. The summed E-state index contributed by atoms with van der Waals surface area (Å²) in [5, 5.41) is 3.23. The first-order valence-electron chi connectivity index (χ1n) is 4.18. The molecule has 0 spiro atoms. The number of benzene rings is 1. The van der Waals surface area contributed by atoms with Gasteiger partial charge in [-0.3, -0.25) is 4.79 Å². The lowest BCUT2D eigenvalue weighted by Gasteiger charge is -2.17. The zero-order valence-electron chi connectivity index (χ0n) is 8.09. The predicted molar refractivity (Wildman–Crippen MR) is 66.6 cm³/mol. The zero-order chi connectivity index (χ0) is 11.3. The summed E-state index contributed by atoms with van der Waals surface area (Å²) in [5.74, 6) is -0.225. The van der Waals surface area contributed by atoms with E-state index >= 15 is 0 Å². The minimum atomic E-state index is -0.225. The first-order valence-corrected chi connectivity index (χ1v) is 5.26. The van der Waals surface area contributed by atoms with Crippen LogP contribution >= 0.6 is 22.6 Å². The molecule has 1 amide bonds. The molecule has 0 radical (unpaired) electrons. The lowest BCUT2D eigenvalue weighted by Crippen LogP contribution is -2.28. The van der Waals surface area contributed by atoms with Crippen molar-refractivity contribution in [3.63, 3.8) is 0 Å². The number of anilines is 1. The average molecular weight is 316 g/mol. The maximum absolute atomic E-state index is 11.5. The van der Waals surface area contributed by atoms with Crippen LogP contribution in [0, 0.1) is 3.57 Å². The van der Waals surface area contributed by atoms with E-state index in [-0.39, 0.29) is 12.5 Å². The van der Waals surface area contributed by atoms with E-state index in [1.165, 1.54) is 4.90 Å². The standard InChI is InChI=1S/C9H9IN4O/c1-14(9(15)6-12-13-11)8-5-3-2-4-7(8)10/h2-5H,6H2,1H3. The SMILES string of the molecule is CN(C(=O)CN=[N+]=[N-])c1ccccc1I. The van der Waals surface area contributed by atoms with Crippen LogP contribution in [0.4, 0.5) is 5.69 Å². The number of hydrogen-bond donors (Lipinski definition) is 0. The van der Waals surface area contributed by atoms with Gasteiger partial charge < -0.3 is 4.90 Å². The van der Waals surface area contributed by atoms with Crippen molar-refractivity contribution in [2.24, 2.45) is 5.11 Å². The van der Waals surface area contributed by atoms with E-state index in [4.69, 9.17) is 5.53 Å². The predicted octanol–water partition coefficient (Wildman–Crippen LogP) is 2.56. The molecule has 15 heavy (non-hydrogen) atoms. The number of nitrogens with zero attached hydrogens (tertiary/aromatic N) is 4. The molecule has 6 heteroatoms. The lowest BCUT2D eigenvalue weighted by molar-refractivity contribution is -0.117. The molecule has 5 nitrogen and oxygen atoms in total. The summed E-state index contributed by atoms with van der Waals surface area (Å²) in [6.07, 6.45) is 0. The molecule has 0 aliphatic rings. The Hall–Kier alpha value is -1.27. The summed E-state index contributed by atoms with van der Waals surface area (Å²) in [6.45, 7) is -0.155. The van der Waals surface area contributed by atoms with Crippen LogP contribution in [0.1, 0.15) is 0 Å². The Kier molecular flexibility index (Phi) is 4.38. The van der Waals surface area contributed by atoms with Crippen LogP contribution in [0.2, 0.25) is 0 Å². The molecule has 0 N–H and O–H groups in total. The normalized spacial score (nSPS) is 9.20. The highest BCUT2D eigenvalue weighted by molar-refractivity contribution is 14.1. The first kappa shape index (κ1) is 11.8. The highest BCUT2D eigenvalue weighted by atomic mass is 127. The van der Waals surface area contributed by atoms with Gasteiger partial charge in [0, 0.05) is 15.5 Å². The van der Waals surface area contributed by atoms with Crippen LogP contribution < -0.4 is 4.90 Å². The summed E-state index contributed by atoms with van der Waals surface area (Å²) < 4.78 is 0.979. The zero-order valence-corrected chi connectivity index (χ0v) is 10.2. The van der Waals surface area contributed by atoms with Gasteiger partial charge >= 0.3 is 0 Å². The number of halogens is 1. The highest BCUT2D eigenvalue weighted by Gasteiger charge is 2.11. The van der Waals surface area contributed by atoms with Crippen molar-refractivity contribution >= 4 is 34.2 Å². The molecule has 0 aliphatic heterocycles. The van der Waals surface area contributed by atoms with Crippen molar-refractivity contribution in [2.45, 2.75) is 0 Å². The van der Waals surface area contributed by atoms with Crippen molar-refractivity contribution < 1.29 is 4.79 Å². The third-order valence-electron chi connectivity index (χ3n) is 1.86. The second-order valence-electron chi connectivity index (χ2n) is 2.79. The van der Waals surface area contributed by atoms with E-state index in [0.29, 0.717) is 0 Å². The summed E-state index contributed by atoms with van der Waals surface area (Å²) in [6, 6.07) is 7.51. The van der Waals surface area contributed by atoms with Crippen LogP contribution in [0.5, 0.6) is 0 Å². The molecule has 0 atom stereocenters. The first-order chi connectivity index (χ1) is 7.16. The molecule has 0 heterocycles. The van der Waals surface area contributed by atoms with Gasteiger partial charge in [-0.2, -0.15) is 0 Å². The fourth-order valence-corrected chi connectivity index (χ4v) is 1.81. The third kappa shape index (κ3) is 3.10. The maximum Gasteiger partial charge on any atom is 0.232 e. The van der Waals surface area contributed by atoms with Crippen LogP contribution in [0.15, 0.2) is 29.4 Å².